The molecule has 0 unspecified atom stereocenters. The number of nitrogens with one attached hydrogen (secondary N) is 1. The lowest BCUT2D eigenvalue weighted by Crippen LogP contribution is -2.28. The summed E-state index contributed by atoms with van der Waals surface area (Å²) in [6.07, 6.45) is 0. The van der Waals surface area contributed by atoms with Gasteiger partial charge >= 0.3 is 0 Å². The summed E-state index contributed by atoms with van der Waals surface area (Å²) in [7, 11) is 0. The number of halogens is 1. The van der Waals surface area contributed by atoms with Crippen molar-refractivity contribution in [2.45, 2.75) is 0 Å². The lowest BCUT2D eigenvalue weighted by atomic mass is 10.1. The van der Waals surface area contributed by atoms with Crippen LogP contribution in [-0.2, 0) is 4.74 Å². The van der Waals surface area contributed by atoms with Crippen LogP contribution in [0.1, 0.15) is 10.4 Å². The minimum Gasteiger partial charge on any atom is -0.394 e. The van der Waals surface area contributed by atoms with Crippen LogP contribution in [0.5, 0.6) is 0 Å². The highest BCUT2D eigenvalue weighted by Crippen LogP contribution is 2.19. The van der Waals surface area contributed by atoms with Gasteiger partial charge in [0, 0.05) is 12.6 Å². The molecule has 1 rings (SSSR count). The molecule has 0 saturated heterocycles. The van der Waals surface area contributed by atoms with Gasteiger partial charge < -0.3 is 15.2 Å². The molecule has 0 aromatic heterocycles. The van der Waals surface area contributed by atoms with E-state index in [1.807, 2.05) is 0 Å². The summed E-state index contributed by atoms with van der Waals surface area (Å²) in [5, 5.41) is 21.5. The molecule has 104 valence electrons. The van der Waals surface area contributed by atoms with Crippen LogP contribution in [0.15, 0.2) is 18.2 Å². The largest absolute Gasteiger partial charge is 0.394 e. The number of rotatable bonds is 7. The number of nitro groups is 1. The van der Waals surface area contributed by atoms with E-state index in [-0.39, 0.29) is 31.9 Å². The summed E-state index contributed by atoms with van der Waals surface area (Å²) in [5.41, 5.74) is -0.803. The minimum atomic E-state index is -0.753. The fraction of sp³-hybridized carbons (Fsp3) is 0.364. The maximum atomic E-state index is 13.0. The van der Waals surface area contributed by atoms with E-state index in [4.69, 9.17) is 9.84 Å². The molecule has 1 aromatic carbocycles. The van der Waals surface area contributed by atoms with Crippen molar-refractivity contribution in [3.63, 3.8) is 0 Å². The van der Waals surface area contributed by atoms with Gasteiger partial charge in [-0.2, -0.15) is 0 Å². The quantitative estimate of drug-likeness (QED) is 0.427. The molecule has 0 spiro atoms. The van der Waals surface area contributed by atoms with E-state index in [1.165, 1.54) is 0 Å². The van der Waals surface area contributed by atoms with E-state index >= 15 is 0 Å². The molecular weight excluding hydrogens is 259 g/mol. The maximum Gasteiger partial charge on any atom is 0.282 e. The molecule has 0 bridgehead atoms. The fourth-order valence-corrected chi connectivity index (χ4v) is 1.35. The first-order valence-electron chi connectivity index (χ1n) is 5.47. The molecule has 0 heterocycles. The first kappa shape index (κ1) is 15.0. The number of carbonyl (C=O) groups is 1. The predicted octanol–water partition coefficient (Wildman–Crippen LogP) is 0.473. The van der Waals surface area contributed by atoms with Gasteiger partial charge in [-0.25, -0.2) is 4.39 Å². The Balaban J connectivity index is 2.65. The van der Waals surface area contributed by atoms with Crippen molar-refractivity contribution in [3.8, 4) is 0 Å². The molecule has 0 aliphatic heterocycles. The van der Waals surface area contributed by atoms with Gasteiger partial charge in [0.15, 0.2) is 0 Å². The minimum absolute atomic E-state index is 0.104. The third kappa shape index (κ3) is 4.60. The lowest BCUT2D eigenvalue weighted by molar-refractivity contribution is -0.385. The molecule has 8 heteroatoms. The highest BCUT2D eigenvalue weighted by molar-refractivity contribution is 5.98. The molecule has 1 amide bonds. The third-order valence-electron chi connectivity index (χ3n) is 2.17. The van der Waals surface area contributed by atoms with Crippen LogP contribution in [-0.4, -0.2) is 42.3 Å². The van der Waals surface area contributed by atoms with E-state index in [2.05, 4.69) is 5.32 Å². The van der Waals surface area contributed by atoms with E-state index < -0.39 is 22.3 Å². The Morgan fingerprint density at radius 3 is 2.84 bits per heavy atom. The Morgan fingerprint density at radius 2 is 2.21 bits per heavy atom. The van der Waals surface area contributed by atoms with E-state index in [1.54, 1.807) is 0 Å². The van der Waals surface area contributed by atoms with Crippen LogP contribution in [0.2, 0.25) is 0 Å². The topological polar surface area (TPSA) is 102 Å². The van der Waals surface area contributed by atoms with Crippen LogP contribution in [0, 0.1) is 15.9 Å². The zero-order valence-corrected chi connectivity index (χ0v) is 9.97. The molecule has 7 nitrogen and oxygen atoms in total. The third-order valence-corrected chi connectivity index (χ3v) is 2.17. The first-order valence-corrected chi connectivity index (χ1v) is 5.47. The van der Waals surface area contributed by atoms with Crippen molar-refractivity contribution in [1.29, 1.82) is 0 Å². The zero-order chi connectivity index (χ0) is 14.3. The predicted molar refractivity (Wildman–Crippen MR) is 63.3 cm³/mol. The number of benzene rings is 1. The fourth-order valence-electron chi connectivity index (χ4n) is 1.35. The highest BCUT2D eigenvalue weighted by atomic mass is 19.1. The van der Waals surface area contributed by atoms with Gasteiger partial charge in [0.25, 0.3) is 11.6 Å². The van der Waals surface area contributed by atoms with Gasteiger partial charge in [0.1, 0.15) is 11.4 Å². The Bertz CT molecular complexity index is 466. The number of amides is 1. The number of nitro benzene ring substituents is 1. The van der Waals surface area contributed by atoms with Crippen LogP contribution in [0.25, 0.3) is 0 Å². The average Bonchev–Trinajstić information content (AvgIpc) is 2.37. The van der Waals surface area contributed by atoms with E-state index in [0.717, 1.165) is 18.2 Å². The number of aliphatic hydroxyl groups excluding tert-OH is 1. The standard InChI is InChI=1S/C11H13FN2O5/c12-8-1-2-10(14(17)18)9(7-8)11(16)13-3-5-19-6-4-15/h1-2,7,15H,3-6H2,(H,13,16). The van der Waals surface area contributed by atoms with Gasteiger partial charge in [-0.1, -0.05) is 0 Å². The van der Waals surface area contributed by atoms with Crippen LogP contribution in [0.3, 0.4) is 0 Å². The highest BCUT2D eigenvalue weighted by Gasteiger charge is 2.20. The Labute approximate surface area is 108 Å². The Morgan fingerprint density at radius 1 is 1.47 bits per heavy atom. The molecule has 19 heavy (non-hydrogen) atoms. The number of hydrogen-bond donors (Lipinski definition) is 2. The SMILES string of the molecule is O=C(NCCOCCO)c1cc(F)ccc1[N+](=O)[O-]. The summed E-state index contributed by atoms with van der Waals surface area (Å²) in [5.74, 6) is -1.48. The van der Waals surface area contributed by atoms with Crippen LogP contribution < -0.4 is 5.32 Å². The molecule has 0 saturated carbocycles. The van der Waals surface area contributed by atoms with E-state index in [0.29, 0.717) is 0 Å². The summed E-state index contributed by atoms with van der Waals surface area (Å²) >= 11 is 0. The monoisotopic (exact) mass is 272 g/mol. The number of aliphatic hydroxyl groups is 1. The summed E-state index contributed by atoms with van der Waals surface area (Å²) in [6.45, 7) is 0.251. The molecule has 0 atom stereocenters. The normalized spacial score (nSPS) is 10.2. The van der Waals surface area contributed by atoms with Gasteiger partial charge in [-0.3, -0.25) is 14.9 Å². The molecule has 0 radical (unpaired) electrons. The Kier molecular flexibility index (Phi) is 5.83. The van der Waals surface area contributed by atoms with Crippen molar-refractivity contribution in [3.05, 3.63) is 39.7 Å². The molecule has 0 aliphatic rings. The van der Waals surface area contributed by atoms with Crippen molar-refractivity contribution < 1.29 is 24.0 Å². The smallest absolute Gasteiger partial charge is 0.282 e. The second kappa shape index (κ2) is 7.39. The summed E-state index contributed by atoms with van der Waals surface area (Å²) in [6, 6.07) is 2.66. The number of nitrogens with zero attached hydrogens (tertiary/aromatic N) is 1. The average molecular weight is 272 g/mol. The summed E-state index contributed by atoms with van der Waals surface area (Å²) in [4.78, 5) is 21.6. The molecular formula is C11H13FN2O5. The zero-order valence-electron chi connectivity index (χ0n) is 9.97. The first-order chi connectivity index (χ1) is 9.06. The van der Waals surface area contributed by atoms with Crippen LogP contribution >= 0.6 is 0 Å². The lowest BCUT2D eigenvalue weighted by Gasteiger charge is -2.06. The van der Waals surface area contributed by atoms with E-state index in [9.17, 15) is 19.3 Å². The summed E-state index contributed by atoms with van der Waals surface area (Å²) < 4.78 is 17.9. The molecule has 0 fully saturated rings. The molecule has 2 N–H and O–H groups in total. The second-order valence-electron chi connectivity index (χ2n) is 3.51. The van der Waals surface area contributed by atoms with Gasteiger partial charge in [0.2, 0.25) is 0 Å². The van der Waals surface area contributed by atoms with Gasteiger partial charge in [-0.15, -0.1) is 0 Å². The number of carbonyl (C=O) groups excluding carboxylic acids is 1. The molecule has 1 aromatic rings. The Hall–Kier alpha value is -2.06. The van der Waals surface area contributed by atoms with Crippen molar-refractivity contribution in [1.82, 2.24) is 5.32 Å². The number of hydrogen-bond acceptors (Lipinski definition) is 5. The van der Waals surface area contributed by atoms with Crippen molar-refractivity contribution >= 4 is 11.6 Å². The van der Waals surface area contributed by atoms with Crippen molar-refractivity contribution in [2.75, 3.05) is 26.4 Å². The van der Waals surface area contributed by atoms with Crippen molar-refractivity contribution in [2.24, 2.45) is 0 Å². The second-order valence-corrected chi connectivity index (χ2v) is 3.51. The van der Waals surface area contributed by atoms with Gasteiger partial charge in [0.05, 0.1) is 24.7 Å². The van der Waals surface area contributed by atoms with Gasteiger partial charge in [-0.05, 0) is 12.1 Å². The van der Waals surface area contributed by atoms with Crippen LogP contribution in [0.4, 0.5) is 10.1 Å². The molecule has 0 aliphatic carbocycles. The number of ether oxygens (including phenoxy) is 1. The maximum absolute atomic E-state index is 13.0.